The van der Waals surface area contributed by atoms with Crippen LogP contribution in [0.15, 0.2) is 48.7 Å². The summed E-state index contributed by atoms with van der Waals surface area (Å²) in [7, 11) is 2.15. The van der Waals surface area contributed by atoms with Gasteiger partial charge in [-0.15, -0.1) is 0 Å². The van der Waals surface area contributed by atoms with Gasteiger partial charge in [0.1, 0.15) is 5.69 Å². The lowest BCUT2D eigenvalue weighted by Gasteiger charge is -2.35. The Hall–Kier alpha value is -2.44. The zero-order chi connectivity index (χ0) is 19.3. The molecule has 6 nitrogen and oxygen atoms in total. The number of hydrogen-bond donors (Lipinski definition) is 0. The fraction of sp³-hybridized carbons (Fsp3) is 0.455. The molecule has 0 radical (unpaired) electrons. The van der Waals surface area contributed by atoms with E-state index < -0.39 is 0 Å². The molecule has 0 N–H and O–H groups in total. The van der Waals surface area contributed by atoms with Gasteiger partial charge in [-0.1, -0.05) is 30.3 Å². The third-order valence-corrected chi connectivity index (χ3v) is 5.74. The van der Waals surface area contributed by atoms with Crippen molar-refractivity contribution in [1.29, 1.82) is 0 Å². The van der Waals surface area contributed by atoms with Crippen molar-refractivity contribution in [3.63, 3.8) is 0 Å². The molecule has 2 aliphatic rings. The molecule has 1 aromatic heterocycles. The summed E-state index contributed by atoms with van der Waals surface area (Å²) in [5.74, 6) is 0.0456. The van der Waals surface area contributed by atoms with Crippen LogP contribution in [0.1, 0.15) is 16.1 Å². The van der Waals surface area contributed by atoms with E-state index in [0.717, 1.165) is 64.6 Å². The molecule has 1 amide bonds. The highest BCUT2D eigenvalue weighted by molar-refractivity contribution is 5.92. The number of hydrogen-bond acceptors (Lipinski definition) is 5. The lowest BCUT2D eigenvalue weighted by Crippen LogP contribution is -2.48. The van der Waals surface area contributed by atoms with Crippen LogP contribution in [-0.2, 0) is 6.54 Å². The zero-order valence-corrected chi connectivity index (χ0v) is 16.6. The topological polar surface area (TPSA) is 42.9 Å². The van der Waals surface area contributed by atoms with Gasteiger partial charge in [-0.3, -0.25) is 9.69 Å². The monoisotopic (exact) mass is 379 g/mol. The summed E-state index contributed by atoms with van der Waals surface area (Å²) in [5, 5.41) is 0. The molecule has 4 rings (SSSR count). The molecule has 0 saturated carbocycles. The Morgan fingerprint density at radius 1 is 0.893 bits per heavy atom. The number of nitrogens with zero attached hydrogens (tertiary/aromatic N) is 5. The molecular weight excluding hydrogens is 350 g/mol. The minimum Gasteiger partial charge on any atom is -0.368 e. The maximum Gasteiger partial charge on any atom is 0.272 e. The second kappa shape index (κ2) is 8.71. The van der Waals surface area contributed by atoms with E-state index in [-0.39, 0.29) is 5.91 Å². The summed E-state index contributed by atoms with van der Waals surface area (Å²) in [4.78, 5) is 26.3. The Morgan fingerprint density at radius 3 is 2.25 bits per heavy atom. The molecule has 1 aromatic carbocycles. The Balaban J connectivity index is 1.30. The van der Waals surface area contributed by atoms with E-state index in [9.17, 15) is 4.79 Å². The number of benzene rings is 1. The fourth-order valence-electron chi connectivity index (χ4n) is 3.88. The smallest absolute Gasteiger partial charge is 0.272 e. The van der Waals surface area contributed by atoms with Crippen molar-refractivity contribution in [2.24, 2.45) is 0 Å². The first kappa shape index (κ1) is 18.9. The predicted molar refractivity (Wildman–Crippen MR) is 112 cm³/mol. The first-order valence-electron chi connectivity index (χ1n) is 10.1. The molecule has 28 heavy (non-hydrogen) atoms. The Labute approximate surface area is 167 Å². The van der Waals surface area contributed by atoms with Gasteiger partial charge in [-0.05, 0) is 24.7 Å². The van der Waals surface area contributed by atoms with E-state index in [1.807, 2.05) is 29.3 Å². The van der Waals surface area contributed by atoms with Gasteiger partial charge in [-0.2, -0.15) is 0 Å². The fourth-order valence-corrected chi connectivity index (χ4v) is 3.88. The summed E-state index contributed by atoms with van der Waals surface area (Å²) < 4.78 is 0. The normalized spacial score (nSPS) is 19.0. The van der Waals surface area contributed by atoms with Gasteiger partial charge >= 0.3 is 0 Å². The Morgan fingerprint density at radius 2 is 1.61 bits per heavy atom. The number of carbonyl (C=O) groups excluding carboxylic acids is 1. The van der Waals surface area contributed by atoms with Gasteiger partial charge in [0.2, 0.25) is 0 Å². The number of anilines is 1. The molecule has 2 aliphatic heterocycles. The highest BCUT2D eigenvalue weighted by atomic mass is 16.2. The molecule has 2 fully saturated rings. The maximum absolute atomic E-state index is 12.8. The lowest BCUT2D eigenvalue weighted by molar-refractivity contribution is 0.0623. The number of amides is 1. The van der Waals surface area contributed by atoms with Crippen molar-refractivity contribution in [3.8, 4) is 0 Å². The summed E-state index contributed by atoms with van der Waals surface area (Å²) in [5.41, 5.74) is 2.98. The van der Waals surface area contributed by atoms with Gasteiger partial charge < -0.3 is 14.7 Å². The number of rotatable bonds is 4. The average Bonchev–Trinajstić information content (AvgIpc) is 2.75. The standard InChI is InChI=1S/C22H29N5O/c1-24-9-13-26(14-10-24)20-7-8-21(23-17-20)22(28)27-15-11-25(12-16-27)18-19-5-3-2-4-6-19/h2-8,17H,9-16,18H2,1H3. The van der Waals surface area contributed by atoms with E-state index >= 15 is 0 Å². The number of aromatic nitrogens is 1. The van der Waals surface area contributed by atoms with E-state index in [1.165, 1.54) is 5.56 Å². The summed E-state index contributed by atoms with van der Waals surface area (Å²) in [6.07, 6.45) is 1.85. The van der Waals surface area contributed by atoms with Crippen LogP contribution in [0.5, 0.6) is 0 Å². The third kappa shape index (κ3) is 4.51. The predicted octanol–water partition coefficient (Wildman–Crippen LogP) is 1.79. The molecule has 2 aromatic rings. The van der Waals surface area contributed by atoms with Gasteiger partial charge in [0.25, 0.3) is 5.91 Å². The number of carbonyl (C=O) groups is 1. The number of likely N-dealkylation sites (N-methyl/N-ethyl adjacent to an activating group) is 1. The molecule has 0 unspecified atom stereocenters. The number of piperazine rings is 2. The van der Waals surface area contributed by atoms with E-state index in [2.05, 4.69) is 51.0 Å². The van der Waals surface area contributed by atoms with Crippen molar-refractivity contribution < 1.29 is 4.79 Å². The van der Waals surface area contributed by atoms with Crippen LogP contribution < -0.4 is 4.90 Å². The van der Waals surface area contributed by atoms with Gasteiger partial charge in [0, 0.05) is 58.9 Å². The van der Waals surface area contributed by atoms with Crippen molar-refractivity contribution in [2.45, 2.75) is 6.54 Å². The molecule has 148 valence electrons. The number of pyridine rings is 1. The van der Waals surface area contributed by atoms with Crippen LogP contribution >= 0.6 is 0 Å². The van der Waals surface area contributed by atoms with Crippen LogP contribution in [0.4, 0.5) is 5.69 Å². The second-order valence-electron chi connectivity index (χ2n) is 7.75. The minimum absolute atomic E-state index is 0.0456. The SMILES string of the molecule is CN1CCN(c2ccc(C(=O)N3CCN(Cc4ccccc4)CC3)nc2)CC1. The van der Waals surface area contributed by atoms with Gasteiger partial charge in [-0.25, -0.2) is 4.98 Å². The van der Waals surface area contributed by atoms with Crippen LogP contribution in [0.25, 0.3) is 0 Å². The molecule has 0 atom stereocenters. The van der Waals surface area contributed by atoms with Crippen molar-refractivity contribution in [1.82, 2.24) is 19.7 Å². The van der Waals surface area contributed by atoms with Gasteiger partial charge in [0.05, 0.1) is 11.9 Å². The third-order valence-electron chi connectivity index (χ3n) is 5.74. The van der Waals surface area contributed by atoms with Crippen LogP contribution in [-0.4, -0.2) is 85.0 Å². The molecule has 6 heteroatoms. The Kier molecular flexibility index (Phi) is 5.88. The molecule has 3 heterocycles. The Bertz CT molecular complexity index is 763. The molecule has 2 saturated heterocycles. The van der Waals surface area contributed by atoms with E-state index in [4.69, 9.17) is 0 Å². The van der Waals surface area contributed by atoms with Crippen molar-refractivity contribution in [3.05, 3.63) is 59.9 Å². The van der Waals surface area contributed by atoms with Crippen molar-refractivity contribution in [2.75, 3.05) is 64.3 Å². The largest absolute Gasteiger partial charge is 0.368 e. The van der Waals surface area contributed by atoms with Crippen LogP contribution in [0, 0.1) is 0 Å². The first-order valence-corrected chi connectivity index (χ1v) is 10.1. The minimum atomic E-state index is 0.0456. The first-order chi connectivity index (χ1) is 13.7. The summed E-state index contributed by atoms with van der Waals surface area (Å²) in [6.45, 7) is 8.41. The zero-order valence-electron chi connectivity index (χ0n) is 16.6. The lowest BCUT2D eigenvalue weighted by atomic mass is 10.2. The molecule has 0 aliphatic carbocycles. The van der Waals surface area contributed by atoms with Gasteiger partial charge in [0.15, 0.2) is 0 Å². The second-order valence-corrected chi connectivity index (χ2v) is 7.75. The van der Waals surface area contributed by atoms with E-state index in [0.29, 0.717) is 5.69 Å². The molecule has 0 bridgehead atoms. The highest BCUT2D eigenvalue weighted by Crippen LogP contribution is 2.17. The van der Waals surface area contributed by atoms with Crippen LogP contribution in [0.3, 0.4) is 0 Å². The maximum atomic E-state index is 12.8. The highest BCUT2D eigenvalue weighted by Gasteiger charge is 2.23. The average molecular weight is 380 g/mol. The quantitative estimate of drug-likeness (QED) is 0.810. The van der Waals surface area contributed by atoms with Crippen molar-refractivity contribution >= 4 is 11.6 Å². The molecule has 0 spiro atoms. The van der Waals surface area contributed by atoms with Crippen LogP contribution in [0.2, 0.25) is 0 Å². The molecular formula is C22H29N5O. The summed E-state index contributed by atoms with van der Waals surface area (Å²) >= 11 is 0. The summed E-state index contributed by atoms with van der Waals surface area (Å²) in [6, 6.07) is 14.4. The van der Waals surface area contributed by atoms with E-state index in [1.54, 1.807) is 0 Å².